The summed E-state index contributed by atoms with van der Waals surface area (Å²) in [5.41, 5.74) is 0.900. The Morgan fingerprint density at radius 2 is 1.58 bits per heavy atom. The first kappa shape index (κ1) is 14.5. The van der Waals surface area contributed by atoms with Crippen molar-refractivity contribution in [3.05, 3.63) is 79.0 Å². The maximum absolute atomic E-state index is 12.7. The molecule has 0 bridgehead atoms. The van der Waals surface area contributed by atoms with Crippen molar-refractivity contribution in [2.45, 2.75) is 13.0 Å². The van der Waals surface area contributed by atoms with Crippen molar-refractivity contribution in [3.63, 3.8) is 0 Å². The third kappa shape index (κ3) is 2.54. The van der Waals surface area contributed by atoms with Gasteiger partial charge in [-0.2, -0.15) is 0 Å². The first-order valence-electron chi connectivity index (χ1n) is 7.98. The maximum Gasteiger partial charge on any atom is 0.271 e. The molecule has 0 aliphatic heterocycles. The van der Waals surface area contributed by atoms with Crippen molar-refractivity contribution in [2.75, 3.05) is 0 Å². The summed E-state index contributed by atoms with van der Waals surface area (Å²) in [7, 11) is 0. The van der Waals surface area contributed by atoms with Gasteiger partial charge in [-0.25, -0.2) is 0 Å². The third-order valence-electron chi connectivity index (χ3n) is 4.22. The van der Waals surface area contributed by atoms with Crippen molar-refractivity contribution in [1.82, 2.24) is 4.57 Å². The van der Waals surface area contributed by atoms with Crippen LogP contribution in [0.4, 0.5) is 0 Å². The zero-order chi connectivity index (χ0) is 16.5. The fourth-order valence-corrected chi connectivity index (χ4v) is 2.97. The lowest BCUT2D eigenvalue weighted by Crippen LogP contribution is -2.28. The van der Waals surface area contributed by atoms with Gasteiger partial charge in [-0.3, -0.25) is 9.36 Å². The van der Waals surface area contributed by atoms with Gasteiger partial charge in [0.15, 0.2) is 6.10 Å². The van der Waals surface area contributed by atoms with Gasteiger partial charge in [0.05, 0.1) is 5.52 Å². The number of nitrogens with zero attached hydrogens (tertiary/aromatic N) is 1. The number of aromatic nitrogens is 1. The van der Waals surface area contributed by atoms with Gasteiger partial charge in [-0.1, -0.05) is 48.5 Å². The molecule has 0 spiro atoms. The summed E-state index contributed by atoms with van der Waals surface area (Å²) in [6.45, 7) is 1.78. The van der Waals surface area contributed by atoms with Crippen LogP contribution in [0.15, 0.2) is 79.0 Å². The molecule has 4 aromatic rings. The molecule has 24 heavy (non-hydrogen) atoms. The lowest BCUT2D eigenvalue weighted by atomic mass is 10.1. The Hall–Kier alpha value is -3.07. The second-order valence-electron chi connectivity index (χ2n) is 5.85. The van der Waals surface area contributed by atoms with E-state index in [-0.39, 0.29) is 5.91 Å². The molecule has 1 aromatic heterocycles. The van der Waals surface area contributed by atoms with Gasteiger partial charge in [0.25, 0.3) is 5.91 Å². The van der Waals surface area contributed by atoms with Gasteiger partial charge in [-0.05, 0) is 42.0 Å². The smallest absolute Gasteiger partial charge is 0.271 e. The van der Waals surface area contributed by atoms with Crippen LogP contribution >= 0.6 is 0 Å². The summed E-state index contributed by atoms with van der Waals surface area (Å²) < 4.78 is 7.54. The average molecular weight is 315 g/mol. The van der Waals surface area contributed by atoms with E-state index in [9.17, 15) is 4.79 Å². The third-order valence-corrected chi connectivity index (χ3v) is 4.22. The van der Waals surface area contributed by atoms with Crippen molar-refractivity contribution < 1.29 is 9.53 Å². The first-order valence-corrected chi connectivity index (χ1v) is 7.98. The maximum atomic E-state index is 12.7. The lowest BCUT2D eigenvalue weighted by Gasteiger charge is -2.15. The summed E-state index contributed by atoms with van der Waals surface area (Å²) >= 11 is 0. The van der Waals surface area contributed by atoms with E-state index in [0.717, 1.165) is 21.7 Å². The van der Waals surface area contributed by atoms with Crippen molar-refractivity contribution >= 4 is 27.6 Å². The Morgan fingerprint density at radius 3 is 2.42 bits per heavy atom. The molecule has 3 heteroatoms. The van der Waals surface area contributed by atoms with E-state index in [1.54, 1.807) is 17.7 Å². The zero-order valence-electron chi connectivity index (χ0n) is 13.3. The van der Waals surface area contributed by atoms with E-state index in [0.29, 0.717) is 5.75 Å². The fourth-order valence-electron chi connectivity index (χ4n) is 2.97. The van der Waals surface area contributed by atoms with E-state index >= 15 is 0 Å². The molecule has 4 rings (SSSR count). The number of ether oxygens (including phenoxy) is 1. The zero-order valence-corrected chi connectivity index (χ0v) is 13.3. The molecule has 0 amide bonds. The SMILES string of the molecule is CC(Oc1ccc2ccccc2c1)C(=O)n1ccc2ccccc21. The Bertz CT molecular complexity index is 1030. The van der Waals surface area contributed by atoms with Crippen LogP contribution in [0.25, 0.3) is 21.7 Å². The number of hydrogen-bond donors (Lipinski definition) is 0. The van der Waals surface area contributed by atoms with Crippen LogP contribution in [-0.4, -0.2) is 16.6 Å². The van der Waals surface area contributed by atoms with Crippen molar-refractivity contribution in [3.8, 4) is 5.75 Å². The molecule has 0 fully saturated rings. The topological polar surface area (TPSA) is 31.2 Å². The molecule has 1 atom stereocenters. The minimum Gasteiger partial charge on any atom is -0.481 e. The number of carbonyl (C=O) groups excluding carboxylic acids is 1. The Labute approximate surface area is 140 Å². The molecule has 0 N–H and O–H groups in total. The van der Waals surface area contributed by atoms with Gasteiger partial charge in [0, 0.05) is 11.6 Å². The minimum absolute atomic E-state index is 0.0793. The lowest BCUT2D eigenvalue weighted by molar-refractivity contribution is 0.0734. The van der Waals surface area contributed by atoms with Gasteiger partial charge in [0.2, 0.25) is 0 Å². The van der Waals surface area contributed by atoms with E-state index in [4.69, 9.17) is 4.74 Å². The van der Waals surface area contributed by atoms with Crippen molar-refractivity contribution in [2.24, 2.45) is 0 Å². The van der Waals surface area contributed by atoms with Crippen LogP contribution in [0, 0.1) is 0 Å². The molecule has 0 aliphatic carbocycles. The Morgan fingerprint density at radius 1 is 0.875 bits per heavy atom. The molecule has 1 heterocycles. The van der Waals surface area contributed by atoms with E-state index < -0.39 is 6.10 Å². The average Bonchev–Trinajstić information content (AvgIpc) is 3.05. The minimum atomic E-state index is -0.568. The van der Waals surface area contributed by atoms with Crippen LogP contribution in [-0.2, 0) is 0 Å². The Kier molecular flexibility index (Phi) is 3.54. The highest BCUT2D eigenvalue weighted by Gasteiger charge is 2.18. The molecule has 118 valence electrons. The second kappa shape index (κ2) is 5.85. The normalized spacial score (nSPS) is 12.4. The molecule has 3 aromatic carbocycles. The summed E-state index contributed by atoms with van der Waals surface area (Å²) in [4.78, 5) is 12.7. The monoisotopic (exact) mass is 315 g/mol. The number of benzene rings is 3. The summed E-state index contributed by atoms with van der Waals surface area (Å²) in [5.74, 6) is 0.621. The van der Waals surface area contributed by atoms with Crippen LogP contribution < -0.4 is 4.74 Å². The van der Waals surface area contributed by atoms with Crippen LogP contribution in [0.2, 0.25) is 0 Å². The highest BCUT2D eigenvalue weighted by molar-refractivity contribution is 5.94. The van der Waals surface area contributed by atoms with Gasteiger partial charge in [-0.15, -0.1) is 0 Å². The summed E-state index contributed by atoms with van der Waals surface area (Å²) in [5, 5.41) is 3.30. The number of fused-ring (bicyclic) bond motifs is 2. The molecule has 0 radical (unpaired) electrons. The Balaban J connectivity index is 1.60. The molecular formula is C21H17NO2. The van der Waals surface area contributed by atoms with Gasteiger partial charge < -0.3 is 4.74 Å². The molecular weight excluding hydrogens is 298 g/mol. The van der Waals surface area contributed by atoms with Crippen LogP contribution in [0.3, 0.4) is 0 Å². The largest absolute Gasteiger partial charge is 0.481 e. The predicted molar refractivity (Wildman–Crippen MR) is 96.6 cm³/mol. The highest BCUT2D eigenvalue weighted by atomic mass is 16.5. The van der Waals surface area contributed by atoms with E-state index in [1.165, 1.54) is 0 Å². The molecule has 1 unspecified atom stereocenters. The van der Waals surface area contributed by atoms with Crippen LogP contribution in [0.1, 0.15) is 11.7 Å². The van der Waals surface area contributed by atoms with Crippen molar-refractivity contribution in [1.29, 1.82) is 0 Å². The second-order valence-corrected chi connectivity index (χ2v) is 5.85. The van der Waals surface area contributed by atoms with Crippen LogP contribution in [0.5, 0.6) is 5.75 Å². The number of rotatable bonds is 3. The first-order chi connectivity index (χ1) is 11.7. The predicted octanol–water partition coefficient (Wildman–Crippen LogP) is 4.90. The molecule has 0 aliphatic rings. The highest BCUT2D eigenvalue weighted by Crippen LogP contribution is 2.22. The van der Waals surface area contributed by atoms with Gasteiger partial charge >= 0.3 is 0 Å². The summed E-state index contributed by atoms with van der Waals surface area (Å²) in [6, 6.07) is 23.7. The molecule has 3 nitrogen and oxygen atoms in total. The molecule has 0 saturated carbocycles. The number of hydrogen-bond acceptors (Lipinski definition) is 2. The molecule has 0 saturated heterocycles. The number of para-hydroxylation sites is 1. The van der Waals surface area contributed by atoms with Gasteiger partial charge in [0.1, 0.15) is 5.75 Å². The van der Waals surface area contributed by atoms with E-state index in [2.05, 4.69) is 6.07 Å². The quantitative estimate of drug-likeness (QED) is 0.538. The summed E-state index contributed by atoms with van der Waals surface area (Å²) in [6.07, 6.45) is 1.23. The standard InChI is InChI=1S/C21H17NO2/c1-15(21(23)22-13-12-17-7-4-5-9-20(17)22)24-19-11-10-16-6-2-3-8-18(16)14-19/h2-15H,1H3. The fraction of sp³-hybridized carbons (Fsp3) is 0.0952. The number of carbonyl (C=O) groups is 1. The van der Waals surface area contributed by atoms with E-state index in [1.807, 2.05) is 66.7 Å².